The third-order valence-electron chi connectivity index (χ3n) is 2.68. The molecule has 1 heterocycles. The molecule has 2 unspecified atom stereocenters. The van der Waals surface area contributed by atoms with Gasteiger partial charge in [0.1, 0.15) is 17.7 Å². The summed E-state index contributed by atoms with van der Waals surface area (Å²) in [6.07, 6.45) is 0.124. The summed E-state index contributed by atoms with van der Waals surface area (Å²) < 4.78 is 18.5. The number of fused-ring (bicyclic) bond motifs is 1. The normalized spacial score (nSPS) is 24.5. The van der Waals surface area contributed by atoms with E-state index in [9.17, 15) is 4.39 Å². The van der Waals surface area contributed by atoms with Crippen molar-refractivity contribution in [3.63, 3.8) is 0 Å². The minimum atomic E-state index is -0.235. The van der Waals surface area contributed by atoms with Crippen molar-refractivity contribution in [3.05, 3.63) is 29.6 Å². The summed E-state index contributed by atoms with van der Waals surface area (Å²) in [7, 11) is 1.91. The maximum Gasteiger partial charge on any atom is 0.126 e. The number of hydrogen-bond donors (Lipinski definition) is 1. The average molecular weight is 195 g/mol. The molecule has 0 amide bonds. The van der Waals surface area contributed by atoms with Gasteiger partial charge < -0.3 is 10.1 Å². The molecule has 2 nitrogen and oxygen atoms in total. The first-order valence-electron chi connectivity index (χ1n) is 4.83. The molecule has 76 valence electrons. The summed E-state index contributed by atoms with van der Waals surface area (Å²) in [6, 6.07) is 4.76. The maximum atomic E-state index is 12.9. The third-order valence-corrected chi connectivity index (χ3v) is 2.68. The molecule has 1 aliphatic rings. The lowest BCUT2D eigenvalue weighted by Crippen LogP contribution is -2.24. The van der Waals surface area contributed by atoms with E-state index in [1.165, 1.54) is 12.1 Å². The lowest BCUT2D eigenvalue weighted by molar-refractivity contribution is 0.224. The van der Waals surface area contributed by atoms with Crippen LogP contribution in [-0.4, -0.2) is 19.7 Å². The van der Waals surface area contributed by atoms with E-state index in [2.05, 4.69) is 5.32 Å². The van der Waals surface area contributed by atoms with Crippen LogP contribution in [0.2, 0.25) is 0 Å². The molecule has 0 aromatic heterocycles. The standard InChI is InChI=1S/C11H14FNO/c1-7-10(6-13-2)9-4-3-8(12)5-11(9)14-7/h3-5,7,10,13H,6H2,1-2H3. The Bertz CT molecular complexity index is 340. The van der Waals surface area contributed by atoms with Crippen molar-refractivity contribution in [1.82, 2.24) is 5.32 Å². The summed E-state index contributed by atoms with van der Waals surface area (Å²) in [6.45, 7) is 2.87. The van der Waals surface area contributed by atoms with Gasteiger partial charge in [-0.2, -0.15) is 0 Å². The van der Waals surface area contributed by atoms with Crippen LogP contribution in [0.1, 0.15) is 18.4 Å². The molecule has 1 aliphatic heterocycles. The lowest BCUT2D eigenvalue weighted by atomic mass is 9.96. The van der Waals surface area contributed by atoms with E-state index in [0.29, 0.717) is 11.7 Å². The van der Waals surface area contributed by atoms with Crippen LogP contribution in [0.3, 0.4) is 0 Å². The highest BCUT2D eigenvalue weighted by Crippen LogP contribution is 2.37. The fourth-order valence-corrected chi connectivity index (χ4v) is 1.95. The Morgan fingerprint density at radius 2 is 2.29 bits per heavy atom. The van der Waals surface area contributed by atoms with Crippen molar-refractivity contribution in [3.8, 4) is 5.75 Å². The minimum absolute atomic E-state index is 0.124. The van der Waals surface area contributed by atoms with Crippen LogP contribution in [0.5, 0.6) is 5.75 Å². The van der Waals surface area contributed by atoms with Crippen molar-refractivity contribution in [2.24, 2.45) is 0 Å². The van der Waals surface area contributed by atoms with E-state index >= 15 is 0 Å². The molecule has 0 spiro atoms. The van der Waals surface area contributed by atoms with Gasteiger partial charge in [0.2, 0.25) is 0 Å². The molecule has 2 rings (SSSR count). The lowest BCUT2D eigenvalue weighted by Gasteiger charge is -2.13. The van der Waals surface area contributed by atoms with Crippen molar-refractivity contribution < 1.29 is 9.13 Å². The van der Waals surface area contributed by atoms with Gasteiger partial charge in [-0.3, -0.25) is 0 Å². The molecular formula is C11H14FNO. The van der Waals surface area contributed by atoms with Gasteiger partial charge in [0.05, 0.1) is 0 Å². The number of ether oxygens (including phenoxy) is 1. The Balaban J connectivity index is 2.33. The highest BCUT2D eigenvalue weighted by atomic mass is 19.1. The highest BCUT2D eigenvalue weighted by molar-refractivity contribution is 5.41. The Hall–Kier alpha value is -1.09. The Kier molecular flexibility index (Phi) is 2.42. The average Bonchev–Trinajstić information content (AvgIpc) is 2.43. The number of benzene rings is 1. The number of hydrogen-bond acceptors (Lipinski definition) is 2. The van der Waals surface area contributed by atoms with Gasteiger partial charge in [-0.25, -0.2) is 4.39 Å². The summed E-state index contributed by atoms with van der Waals surface area (Å²) in [5, 5.41) is 3.12. The quantitative estimate of drug-likeness (QED) is 0.778. The summed E-state index contributed by atoms with van der Waals surface area (Å²) in [4.78, 5) is 0. The van der Waals surface area contributed by atoms with Gasteiger partial charge in [0.25, 0.3) is 0 Å². The summed E-state index contributed by atoms with van der Waals surface area (Å²) in [5.41, 5.74) is 1.10. The monoisotopic (exact) mass is 195 g/mol. The summed E-state index contributed by atoms with van der Waals surface area (Å²) in [5.74, 6) is 0.786. The van der Waals surface area contributed by atoms with E-state index in [-0.39, 0.29) is 11.9 Å². The SMILES string of the molecule is CNCC1c2ccc(F)cc2OC1C. The zero-order valence-corrected chi connectivity index (χ0v) is 8.38. The van der Waals surface area contributed by atoms with Crippen LogP contribution < -0.4 is 10.1 Å². The first-order valence-corrected chi connectivity index (χ1v) is 4.83. The fourth-order valence-electron chi connectivity index (χ4n) is 1.95. The second-order valence-electron chi connectivity index (χ2n) is 3.67. The Morgan fingerprint density at radius 3 is 3.00 bits per heavy atom. The largest absolute Gasteiger partial charge is 0.490 e. The molecule has 3 heteroatoms. The molecule has 1 aromatic carbocycles. The van der Waals surface area contributed by atoms with Crippen LogP contribution >= 0.6 is 0 Å². The molecule has 0 bridgehead atoms. The number of likely N-dealkylation sites (N-methyl/N-ethyl adjacent to an activating group) is 1. The molecular weight excluding hydrogens is 181 g/mol. The number of halogens is 1. The summed E-state index contributed by atoms with van der Waals surface area (Å²) >= 11 is 0. The van der Waals surface area contributed by atoms with Gasteiger partial charge >= 0.3 is 0 Å². The van der Waals surface area contributed by atoms with Crippen LogP contribution in [0.15, 0.2) is 18.2 Å². The second-order valence-corrected chi connectivity index (χ2v) is 3.67. The molecule has 2 atom stereocenters. The second kappa shape index (κ2) is 3.58. The molecule has 1 aromatic rings. The topological polar surface area (TPSA) is 21.3 Å². The van der Waals surface area contributed by atoms with Crippen LogP contribution in [-0.2, 0) is 0 Å². The van der Waals surface area contributed by atoms with Gasteiger partial charge in [0.15, 0.2) is 0 Å². The van der Waals surface area contributed by atoms with Crippen molar-refractivity contribution in [1.29, 1.82) is 0 Å². The van der Waals surface area contributed by atoms with Gasteiger partial charge in [-0.15, -0.1) is 0 Å². The number of rotatable bonds is 2. The first-order chi connectivity index (χ1) is 6.72. The fraction of sp³-hybridized carbons (Fsp3) is 0.455. The van der Waals surface area contributed by atoms with Crippen LogP contribution in [0.25, 0.3) is 0 Å². The molecule has 1 N–H and O–H groups in total. The minimum Gasteiger partial charge on any atom is -0.490 e. The molecule has 0 saturated heterocycles. The predicted molar refractivity (Wildman–Crippen MR) is 53.2 cm³/mol. The third kappa shape index (κ3) is 1.48. The van der Waals surface area contributed by atoms with Crippen LogP contribution in [0.4, 0.5) is 4.39 Å². The van der Waals surface area contributed by atoms with E-state index in [0.717, 1.165) is 12.1 Å². The molecule has 0 radical (unpaired) electrons. The van der Waals surface area contributed by atoms with Crippen molar-refractivity contribution in [2.45, 2.75) is 18.9 Å². The van der Waals surface area contributed by atoms with E-state index < -0.39 is 0 Å². The smallest absolute Gasteiger partial charge is 0.126 e. The van der Waals surface area contributed by atoms with E-state index in [1.807, 2.05) is 20.0 Å². The highest BCUT2D eigenvalue weighted by Gasteiger charge is 2.30. The van der Waals surface area contributed by atoms with E-state index in [1.54, 1.807) is 0 Å². The molecule has 0 aliphatic carbocycles. The van der Waals surface area contributed by atoms with Crippen LogP contribution in [0, 0.1) is 5.82 Å². The maximum absolute atomic E-state index is 12.9. The van der Waals surface area contributed by atoms with Gasteiger partial charge in [-0.05, 0) is 20.0 Å². The molecule has 0 saturated carbocycles. The van der Waals surface area contributed by atoms with Crippen molar-refractivity contribution in [2.75, 3.05) is 13.6 Å². The van der Waals surface area contributed by atoms with Gasteiger partial charge in [-0.1, -0.05) is 6.07 Å². The first kappa shape index (κ1) is 9.46. The molecule has 0 fully saturated rings. The zero-order valence-electron chi connectivity index (χ0n) is 8.38. The zero-order chi connectivity index (χ0) is 10.1. The van der Waals surface area contributed by atoms with Gasteiger partial charge in [0, 0.05) is 24.1 Å². The molecule has 14 heavy (non-hydrogen) atoms. The number of nitrogens with one attached hydrogen (secondary N) is 1. The van der Waals surface area contributed by atoms with Crippen molar-refractivity contribution >= 4 is 0 Å². The Morgan fingerprint density at radius 1 is 1.50 bits per heavy atom. The van der Waals surface area contributed by atoms with E-state index in [4.69, 9.17) is 4.74 Å². The Labute approximate surface area is 83.1 Å². The predicted octanol–water partition coefficient (Wildman–Crippen LogP) is 1.91.